The van der Waals surface area contributed by atoms with Crippen LogP contribution in [-0.4, -0.2) is 53.8 Å². The van der Waals surface area contributed by atoms with E-state index in [4.69, 9.17) is 0 Å². The first-order valence-electron chi connectivity index (χ1n) is 10.3. The Morgan fingerprint density at radius 3 is 2.70 bits per heavy atom. The molecule has 3 rings (SSSR count). The first-order chi connectivity index (χ1) is 13.0. The number of nitrogens with zero attached hydrogens (tertiary/aromatic N) is 2. The van der Waals surface area contributed by atoms with Gasteiger partial charge >= 0.3 is 0 Å². The molecule has 148 valence electrons. The van der Waals surface area contributed by atoms with Gasteiger partial charge in [0, 0.05) is 50.5 Å². The van der Waals surface area contributed by atoms with Gasteiger partial charge in [-0.3, -0.25) is 9.59 Å². The summed E-state index contributed by atoms with van der Waals surface area (Å²) in [5, 5.41) is 2.98. The molecule has 2 aliphatic rings. The van der Waals surface area contributed by atoms with E-state index in [0.717, 1.165) is 39.0 Å². The molecular weight excluding hydrogens is 338 g/mol. The van der Waals surface area contributed by atoms with Crippen molar-refractivity contribution in [2.45, 2.75) is 58.5 Å². The van der Waals surface area contributed by atoms with Crippen LogP contribution in [0, 0.1) is 5.41 Å². The summed E-state index contributed by atoms with van der Waals surface area (Å²) in [6.45, 7) is 8.41. The number of carbonyl (C=O) groups is 2. The molecule has 2 fully saturated rings. The van der Waals surface area contributed by atoms with E-state index in [1.807, 2.05) is 36.9 Å². The second kappa shape index (κ2) is 8.87. The number of likely N-dealkylation sites (tertiary alicyclic amines) is 2. The molecule has 1 N–H and O–H groups in total. The van der Waals surface area contributed by atoms with Crippen molar-refractivity contribution in [2.75, 3.05) is 26.2 Å². The van der Waals surface area contributed by atoms with Crippen molar-refractivity contribution in [1.29, 1.82) is 0 Å². The van der Waals surface area contributed by atoms with E-state index in [1.165, 1.54) is 12.0 Å². The Kier molecular flexibility index (Phi) is 6.53. The van der Waals surface area contributed by atoms with Crippen LogP contribution < -0.4 is 5.32 Å². The molecular formula is C22H33N3O2. The molecule has 5 nitrogen and oxygen atoms in total. The van der Waals surface area contributed by atoms with Gasteiger partial charge in [-0.15, -0.1) is 0 Å². The summed E-state index contributed by atoms with van der Waals surface area (Å²) < 4.78 is 0. The number of carbonyl (C=O) groups excluding carboxylic acids is 2. The van der Waals surface area contributed by atoms with E-state index >= 15 is 0 Å². The number of hydrogen-bond acceptors (Lipinski definition) is 3. The van der Waals surface area contributed by atoms with Gasteiger partial charge in [0.15, 0.2) is 0 Å². The number of hydrogen-bond donors (Lipinski definition) is 1. The van der Waals surface area contributed by atoms with Gasteiger partial charge in [-0.2, -0.15) is 0 Å². The standard InChI is InChI=1S/C22H33N3O2/c1-18(2)23-20(26)10-14-24-13-6-11-22(16-24)12-9-21(27)25(17-22)15-19-7-4-3-5-8-19/h3-5,7-8,18H,6,9-17H2,1-2H3,(H,23,26)/t22-/m0/s1. The van der Waals surface area contributed by atoms with Crippen LogP contribution >= 0.6 is 0 Å². The van der Waals surface area contributed by atoms with Gasteiger partial charge in [-0.1, -0.05) is 30.3 Å². The van der Waals surface area contributed by atoms with Gasteiger partial charge in [-0.25, -0.2) is 0 Å². The minimum Gasteiger partial charge on any atom is -0.354 e. The first kappa shape index (κ1) is 19.9. The molecule has 0 aliphatic carbocycles. The van der Waals surface area contributed by atoms with Crippen LogP contribution in [-0.2, 0) is 16.1 Å². The molecule has 0 radical (unpaired) electrons. The van der Waals surface area contributed by atoms with Gasteiger partial charge in [0.25, 0.3) is 0 Å². The number of benzene rings is 1. The predicted molar refractivity (Wildman–Crippen MR) is 107 cm³/mol. The molecule has 0 unspecified atom stereocenters. The normalized spacial score (nSPS) is 23.8. The van der Waals surface area contributed by atoms with Gasteiger partial charge in [-0.05, 0) is 45.2 Å². The molecule has 0 aromatic heterocycles. The molecule has 2 amide bonds. The van der Waals surface area contributed by atoms with Crippen LogP contribution in [0.5, 0.6) is 0 Å². The summed E-state index contributed by atoms with van der Waals surface area (Å²) in [7, 11) is 0. The van der Waals surface area contributed by atoms with Crippen LogP contribution in [0.25, 0.3) is 0 Å². The second-order valence-electron chi connectivity index (χ2n) is 8.59. The van der Waals surface area contributed by atoms with Crippen molar-refractivity contribution in [3.63, 3.8) is 0 Å². The quantitative estimate of drug-likeness (QED) is 0.837. The Labute approximate surface area is 163 Å². The lowest BCUT2D eigenvalue weighted by atomic mass is 9.73. The zero-order valence-electron chi connectivity index (χ0n) is 16.7. The van der Waals surface area contributed by atoms with Crippen molar-refractivity contribution in [3.8, 4) is 0 Å². The van der Waals surface area contributed by atoms with Crippen LogP contribution in [0.4, 0.5) is 0 Å². The average molecular weight is 372 g/mol. The molecule has 0 saturated carbocycles. The number of amides is 2. The largest absolute Gasteiger partial charge is 0.354 e. The van der Waals surface area contributed by atoms with Crippen LogP contribution in [0.3, 0.4) is 0 Å². The van der Waals surface area contributed by atoms with Crippen LogP contribution in [0.15, 0.2) is 30.3 Å². The highest BCUT2D eigenvalue weighted by Crippen LogP contribution is 2.39. The summed E-state index contributed by atoms with van der Waals surface area (Å²) in [5.74, 6) is 0.409. The van der Waals surface area contributed by atoms with Crippen molar-refractivity contribution < 1.29 is 9.59 Å². The third-order valence-electron chi connectivity index (χ3n) is 5.81. The van der Waals surface area contributed by atoms with E-state index < -0.39 is 0 Å². The van der Waals surface area contributed by atoms with Gasteiger partial charge < -0.3 is 15.1 Å². The lowest BCUT2D eigenvalue weighted by Gasteiger charge is -2.48. The Morgan fingerprint density at radius 1 is 1.19 bits per heavy atom. The number of piperidine rings is 2. The fourth-order valence-corrected chi connectivity index (χ4v) is 4.54. The lowest BCUT2D eigenvalue weighted by Crippen LogP contribution is -2.54. The highest BCUT2D eigenvalue weighted by molar-refractivity contribution is 5.77. The highest BCUT2D eigenvalue weighted by atomic mass is 16.2. The topological polar surface area (TPSA) is 52.7 Å². The Bertz CT molecular complexity index is 646. The van der Waals surface area contributed by atoms with Crippen molar-refractivity contribution in [2.24, 2.45) is 5.41 Å². The van der Waals surface area contributed by atoms with Crippen molar-refractivity contribution >= 4 is 11.8 Å². The van der Waals surface area contributed by atoms with Gasteiger partial charge in [0.05, 0.1) is 0 Å². The molecule has 1 atom stereocenters. The van der Waals surface area contributed by atoms with E-state index in [-0.39, 0.29) is 23.3 Å². The Morgan fingerprint density at radius 2 is 1.96 bits per heavy atom. The number of nitrogens with one attached hydrogen (secondary N) is 1. The number of rotatable bonds is 6. The monoisotopic (exact) mass is 371 g/mol. The molecule has 2 saturated heterocycles. The van der Waals surface area contributed by atoms with Crippen LogP contribution in [0.1, 0.15) is 51.5 Å². The average Bonchev–Trinajstić information content (AvgIpc) is 2.64. The molecule has 5 heteroatoms. The summed E-state index contributed by atoms with van der Waals surface area (Å²) in [5.41, 5.74) is 1.39. The maximum atomic E-state index is 12.5. The molecule has 1 aromatic carbocycles. The smallest absolute Gasteiger partial charge is 0.222 e. The zero-order valence-corrected chi connectivity index (χ0v) is 16.7. The minimum absolute atomic E-state index is 0.133. The molecule has 1 aromatic rings. The first-order valence-corrected chi connectivity index (χ1v) is 10.3. The highest BCUT2D eigenvalue weighted by Gasteiger charge is 2.41. The van der Waals surface area contributed by atoms with Gasteiger partial charge in [0.2, 0.25) is 11.8 Å². The summed E-state index contributed by atoms with van der Waals surface area (Å²) in [6.07, 6.45) is 4.51. The summed E-state index contributed by atoms with van der Waals surface area (Å²) in [6, 6.07) is 10.5. The maximum Gasteiger partial charge on any atom is 0.222 e. The molecule has 27 heavy (non-hydrogen) atoms. The van der Waals surface area contributed by atoms with E-state index in [9.17, 15) is 9.59 Å². The Balaban J connectivity index is 1.57. The lowest BCUT2D eigenvalue weighted by molar-refractivity contribution is -0.140. The molecule has 2 heterocycles. The van der Waals surface area contributed by atoms with Crippen molar-refractivity contribution in [3.05, 3.63) is 35.9 Å². The fourth-order valence-electron chi connectivity index (χ4n) is 4.54. The molecule has 0 bridgehead atoms. The van der Waals surface area contributed by atoms with Gasteiger partial charge in [0.1, 0.15) is 0 Å². The second-order valence-corrected chi connectivity index (χ2v) is 8.59. The maximum absolute atomic E-state index is 12.5. The predicted octanol–water partition coefficient (Wildman–Crippen LogP) is 2.81. The summed E-state index contributed by atoms with van der Waals surface area (Å²) >= 11 is 0. The summed E-state index contributed by atoms with van der Waals surface area (Å²) in [4.78, 5) is 28.9. The van der Waals surface area contributed by atoms with E-state index in [0.29, 0.717) is 19.4 Å². The van der Waals surface area contributed by atoms with E-state index in [2.05, 4.69) is 22.3 Å². The van der Waals surface area contributed by atoms with Crippen molar-refractivity contribution in [1.82, 2.24) is 15.1 Å². The van der Waals surface area contributed by atoms with E-state index in [1.54, 1.807) is 0 Å². The minimum atomic E-state index is 0.133. The Hall–Kier alpha value is -1.88. The fraction of sp³-hybridized carbons (Fsp3) is 0.636. The third-order valence-corrected chi connectivity index (χ3v) is 5.81. The third kappa shape index (κ3) is 5.55. The SMILES string of the molecule is CC(C)NC(=O)CCN1CCC[C@]2(CCC(=O)N(Cc3ccccc3)C2)C1. The van der Waals surface area contributed by atoms with Crippen LogP contribution in [0.2, 0.25) is 0 Å². The molecule has 2 aliphatic heterocycles. The molecule has 1 spiro atoms. The zero-order chi connectivity index (χ0) is 19.3.